The summed E-state index contributed by atoms with van der Waals surface area (Å²) in [6, 6.07) is 21.7. The van der Waals surface area contributed by atoms with Crippen molar-refractivity contribution in [3.05, 3.63) is 95.0 Å². The number of anilines is 1. The lowest BCUT2D eigenvalue weighted by atomic mass is 10.1. The second-order valence-electron chi connectivity index (χ2n) is 8.62. The number of nitrogens with one attached hydrogen (secondary N) is 1. The Bertz CT molecular complexity index is 1320. The third-order valence-electron chi connectivity index (χ3n) is 6.17. The van der Waals surface area contributed by atoms with Gasteiger partial charge in [-0.05, 0) is 55.2 Å². The summed E-state index contributed by atoms with van der Waals surface area (Å²) in [5.74, 6) is -0.789. The zero-order chi connectivity index (χ0) is 27.0. The largest absolute Gasteiger partial charge is 0.357 e. The van der Waals surface area contributed by atoms with Gasteiger partial charge in [-0.2, -0.15) is 0 Å². The molecule has 1 N–H and O–H groups in total. The van der Waals surface area contributed by atoms with Gasteiger partial charge in [-0.3, -0.25) is 13.9 Å². The van der Waals surface area contributed by atoms with Crippen molar-refractivity contribution in [1.82, 2.24) is 10.2 Å². The van der Waals surface area contributed by atoms with Gasteiger partial charge in [-0.25, -0.2) is 8.42 Å². The number of likely N-dealkylation sites (N-methyl/N-ethyl adjacent to an activating group) is 1. The summed E-state index contributed by atoms with van der Waals surface area (Å²) >= 11 is 6.33. The lowest BCUT2D eigenvalue weighted by Gasteiger charge is -2.33. The van der Waals surface area contributed by atoms with Crippen LogP contribution < -0.4 is 9.62 Å². The Balaban J connectivity index is 2.01. The highest BCUT2D eigenvalue weighted by atomic mass is 35.5. The summed E-state index contributed by atoms with van der Waals surface area (Å²) in [7, 11) is -2.59. The number of carbonyl (C=O) groups excluding carboxylic acids is 2. The van der Waals surface area contributed by atoms with Crippen LogP contribution in [0.4, 0.5) is 5.69 Å². The van der Waals surface area contributed by atoms with E-state index in [0.29, 0.717) is 17.9 Å². The van der Waals surface area contributed by atoms with Crippen molar-refractivity contribution in [2.45, 2.75) is 37.6 Å². The van der Waals surface area contributed by atoms with Crippen molar-refractivity contribution < 1.29 is 18.0 Å². The van der Waals surface area contributed by atoms with Crippen LogP contribution in [0.1, 0.15) is 24.5 Å². The Morgan fingerprint density at radius 3 is 2.16 bits per heavy atom. The zero-order valence-corrected chi connectivity index (χ0v) is 22.8. The summed E-state index contributed by atoms with van der Waals surface area (Å²) < 4.78 is 28.5. The van der Waals surface area contributed by atoms with Crippen molar-refractivity contribution in [3.8, 4) is 0 Å². The van der Waals surface area contributed by atoms with Gasteiger partial charge in [0.25, 0.3) is 10.0 Å². The van der Waals surface area contributed by atoms with E-state index >= 15 is 0 Å². The van der Waals surface area contributed by atoms with Crippen LogP contribution in [0.25, 0.3) is 0 Å². The van der Waals surface area contributed by atoms with E-state index in [1.807, 2.05) is 44.2 Å². The minimum absolute atomic E-state index is 0.0497. The number of sulfonamides is 1. The fourth-order valence-electron chi connectivity index (χ4n) is 4.05. The number of aryl methyl sites for hydroxylation is 1. The van der Waals surface area contributed by atoms with E-state index in [-0.39, 0.29) is 23.0 Å². The number of amides is 2. The van der Waals surface area contributed by atoms with E-state index in [4.69, 9.17) is 11.6 Å². The smallest absolute Gasteiger partial charge is 0.264 e. The molecule has 0 aliphatic rings. The Morgan fingerprint density at radius 1 is 0.973 bits per heavy atom. The Hall–Kier alpha value is -3.36. The molecule has 1 unspecified atom stereocenters. The van der Waals surface area contributed by atoms with Crippen LogP contribution in [0, 0.1) is 6.92 Å². The average Bonchev–Trinajstić information content (AvgIpc) is 2.91. The van der Waals surface area contributed by atoms with E-state index < -0.39 is 28.5 Å². The number of halogens is 1. The van der Waals surface area contributed by atoms with Crippen LogP contribution in [0.15, 0.2) is 83.8 Å². The summed E-state index contributed by atoms with van der Waals surface area (Å²) in [6.45, 7) is 3.40. The molecule has 0 fully saturated rings. The molecular weight excluding hydrogens is 510 g/mol. The van der Waals surface area contributed by atoms with Gasteiger partial charge >= 0.3 is 0 Å². The Morgan fingerprint density at radius 2 is 1.59 bits per heavy atom. The van der Waals surface area contributed by atoms with Gasteiger partial charge in [0, 0.05) is 18.6 Å². The summed E-state index contributed by atoms with van der Waals surface area (Å²) in [5, 5.41) is 3.01. The molecule has 0 heterocycles. The third kappa shape index (κ3) is 6.90. The second kappa shape index (κ2) is 12.7. The van der Waals surface area contributed by atoms with Gasteiger partial charge in [0.1, 0.15) is 12.6 Å². The highest BCUT2D eigenvalue weighted by Crippen LogP contribution is 2.28. The fourth-order valence-corrected chi connectivity index (χ4v) is 5.65. The van der Waals surface area contributed by atoms with Gasteiger partial charge in [-0.15, -0.1) is 0 Å². The normalized spacial score (nSPS) is 12.0. The second-order valence-corrected chi connectivity index (χ2v) is 10.9. The molecule has 0 aliphatic heterocycles. The van der Waals surface area contributed by atoms with Crippen LogP contribution in [0.5, 0.6) is 0 Å². The zero-order valence-electron chi connectivity index (χ0n) is 21.2. The van der Waals surface area contributed by atoms with E-state index in [1.165, 1.54) is 30.1 Å². The molecule has 0 saturated carbocycles. The number of hydrogen-bond acceptors (Lipinski definition) is 4. The number of rotatable bonds is 11. The summed E-state index contributed by atoms with van der Waals surface area (Å²) in [6.07, 6.45) is 0.893. The molecule has 9 heteroatoms. The minimum Gasteiger partial charge on any atom is -0.357 e. The molecule has 0 aromatic heterocycles. The highest BCUT2D eigenvalue weighted by molar-refractivity contribution is 7.92. The molecule has 7 nitrogen and oxygen atoms in total. The molecule has 1 atom stereocenters. The minimum atomic E-state index is -4.11. The first-order valence-electron chi connectivity index (χ1n) is 12.1. The number of benzene rings is 3. The van der Waals surface area contributed by atoms with E-state index in [1.54, 1.807) is 30.3 Å². The van der Waals surface area contributed by atoms with Gasteiger partial charge in [0.15, 0.2) is 0 Å². The molecule has 3 aromatic carbocycles. The SMILES string of the molecule is CCC(C(=O)NC)N(CCc1ccccc1)C(=O)CN(c1ccc(C)c(Cl)c1)S(=O)(=O)c1ccccc1. The van der Waals surface area contributed by atoms with Crippen molar-refractivity contribution in [2.24, 2.45) is 0 Å². The predicted octanol–water partition coefficient (Wildman–Crippen LogP) is 4.44. The predicted molar refractivity (Wildman–Crippen MR) is 147 cm³/mol. The maximum Gasteiger partial charge on any atom is 0.264 e. The average molecular weight is 542 g/mol. The molecule has 2 amide bonds. The van der Waals surface area contributed by atoms with Crippen LogP contribution in [0.3, 0.4) is 0 Å². The third-order valence-corrected chi connectivity index (χ3v) is 8.37. The van der Waals surface area contributed by atoms with Crippen molar-refractivity contribution >= 4 is 39.1 Å². The molecule has 0 bridgehead atoms. The first kappa shape index (κ1) is 28.2. The highest BCUT2D eigenvalue weighted by Gasteiger charge is 2.33. The molecule has 196 valence electrons. The van der Waals surface area contributed by atoms with Crippen molar-refractivity contribution in [1.29, 1.82) is 0 Å². The maximum absolute atomic E-state index is 13.8. The molecule has 0 radical (unpaired) electrons. The molecule has 3 aromatic rings. The van der Waals surface area contributed by atoms with E-state index in [9.17, 15) is 18.0 Å². The molecule has 3 rings (SSSR count). The van der Waals surface area contributed by atoms with Crippen LogP contribution in [-0.4, -0.2) is 51.3 Å². The maximum atomic E-state index is 13.8. The van der Waals surface area contributed by atoms with Crippen molar-refractivity contribution in [2.75, 3.05) is 24.4 Å². The number of carbonyl (C=O) groups is 2. The number of hydrogen-bond donors (Lipinski definition) is 1. The van der Waals surface area contributed by atoms with E-state index in [2.05, 4.69) is 5.32 Å². The Kier molecular flexibility index (Phi) is 9.72. The van der Waals surface area contributed by atoms with Crippen LogP contribution >= 0.6 is 11.6 Å². The lowest BCUT2D eigenvalue weighted by molar-refractivity contribution is -0.139. The molecular formula is C28H32ClN3O4S. The van der Waals surface area contributed by atoms with Crippen molar-refractivity contribution in [3.63, 3.8) is 0 Å². The lowest BCUT2D eigenvalue weighted by Crippen LogP contribution is -2.52. The molecule has 0 aliphatic carbocycles. The van der Waals surface area contributed by atoms with E-state index in [0.717, 1.165) is 15.4 Å². The molecule has 0 spiro atoms. The number of nitrogens with zero attached hydrogens (tertiary/aromatic N) is 2. The molecule has 37 heavy (non-hydrogen) atoms. The topological polar surface area (TPSA) is 86.8 Å². The van der Waals surface area contributed by atoms with Gasteiger partial charge in [0.05, 0.1) is 10.6 Å². The van der Waals surface area contributed by atoms with Gasteiger partial charge < -0.3 is 10.2 Å². The Labute approximate surface area is 224 Å². The van der Waals surface area contributed by atoms with Crippen LogP contribution in [0.2, 0.25) is 5.02 Å². The standard InChI is InChI=1S/C28H32ClN3O4S/c1-4-26(28(34)30-3)31(18-17-22-11-7-5-8-12-22)27(33)20-32(23-16-15-21(2)25(29)19-23)37(35,36)24-13-9-6-10-14-24/h5-16,19,26H,4,17-18,20H2,1-3H3,(H,30,34). The first-order valence-corrected chi connectivity index (χ1v) is 13.9. The summed E-state index contributed by atoms with van der Waals surface area (Å²) in [5.41, 5.74) is 2.05. The quantitative estimate of drug-likeness (QED) is 0.389. The summed E-state index contributed by atoms with van der Waals surface area (Å²) in [4.78, 5) is 28.0. The van der Waals surface area contributed by atoms with Gasteiger partial charge in [-0.1, -0.05) is 73.1 Å². The van der Waals surface area contributed by atoms with Gasteiger partial charge in [0.2, 0.25) is 11.8 Å². The monoisotopic (exact) mass is 541 g/mol. The first-order chi connectivity index (χ1) is 17.7. The molecule has 0 saturated heterocycles. The van der Waals surface area contributed by atoms with Crippen LogP contribution in [-0.2, 0) is 26.0 Å². The fraction of sp³-hybridized carbons (Fsp3) is 0.286.